The van der Waals surface area contributed by atoms with Crippen molar-refractivity contribution in [1.29, 1.82) is 5.26 Å². The molecule has 0 bridgehead atoms. The highest BCUT2D eigenvalue weighted by atomic mass is 19.1. The minimum Gasteiger partial charge on any atom is -0.369 e. The summed E-state index contributed by atoms with van der Waals surface area (Å²) in [5.74, 6) is -0.421. The van der Waals surface area contributed by atoms with Crippen LogP contribution in [0.2, 0.25) is 0 Å². The van der Waals surface area contributed by atoms with Gasteiger partial charge in [-0.1, -0.05) is 36.4 Å². The largest absolute Gasteiger partial charge is 0.369 e. The third-order valence-corrected chi connectivity index (χ3v) is 7.20. The van der Waals surface area contributed by atoms with Crippen molar-refractivity contribution >= 4 is 11.8 Å². The van der Waals surface area contributed by atoms with Crippen LogP contribution in [0.1, 0.15) is 42.4 Å². The molecule has 29 heavy (non-hydrogen) atoms. The molecule has 0 atom stereocenters. The van der Waals surface area contributed by atoms with Gasteiger partial charge >= 0.3 is 0 Å². The van der Waals surface area contributed by atoms with E-state index in [1.165, 1.54) is 42.9 Å². The first-order chi connectivity index (χ1) is 14.2. The number of piperazine rings is 1. The molecule has 1 heterocycles. The first-order valence-corrected chi connectivity index (χ1v) is 10.7. The number of halogens is 1. The Hall–Kier alpha value is -2.64. The molecule has 2 aromatic rings. The number of rotatable bonds is 2. The highest BCUT2D eigenvalue weighted by molar-refractivity contribution is 5.65. The van der Waals surface area contributed by atoms with Crippen molar-refractivity contribution in [3.63, 3.8) is 0 Å². The first-order valence-electron chi connectivity index (χ1n) is 10.7. The van der Waals surface area contributed by atoms with E-state index in [2.05, 4.69) is 46.2 Å². The van der Waals surface area contributed by atoms with E-state index in [1.54, 1.807) is 6.07 Å². The lowest BCUT2D eigenvalue weighted by atomic mass is 9.69. The van der Waals surface area contributed by atoms with Gasteiger partial charge in [0.1, 0.15) is 11.9 Å². The standard InChI is InChI=1S/C25H26FN3/c26-24-17-22(6-5-20(24)18-27)29-15-13-28(14-16-29)21-8-11-25(12-9-21)10-7-19-3-1-2-4-23(19)25/h1-7,10,17,21H,8-9,11-16H2. The van der Waals surface area contributed by atoms with Crippen molar-refractivity contribution < 1.29 is 4.39 Å². The molecule has 5 rings (SSSR count). The predicted octanol–water partition coefficient (Wildman–Crippen LogP) is 4.73. The molecule has 0 unspecified atom stereocenters. The lowest BCUT2D eigenvalue weighted by molar-refractivity contribution is 0.129. The topological polar surface area (TPSA) is 30.3 Å². The molecule has 0 aromatic heterocycles. The van der Waals surface area contributed by atoms with E-state index in [1.807, 2.05) is 12.1 Å². The minimum absolute atomic E-state index is 0.117. The molecule has 2 aliphatic carbocycles. The Kier molecular flexibility index (Phi) is 4.64. The smallest absolute Gasteiger partial charge is 0.143 e. The van der Waals surface area contributed by atoms with Gasteiger partial charge in [0, 0.05) is 43.3 Å². The van der Waals surface area contributed by atoms with Gasteiger partial charge in [-0.25, -0.2) is 4.39 Å². The molecule has 4 heteroatoms. The number of benzene rings is 2. The van der Waals surface area contributed by atoms with Gasteiger partial charge in [0.05, 0.1) is 5.56 Å². The van der Waals surface area contributed by atoms with E-state index in [-0.39, 0.29) is 11.0 Å². The number of nitrogens with zero attached hydrogens (tertiary/aromatic N) is 3. The summed E-state index contributed by atoms with van der Waals surface area (Å²) in [6.07, 6.45) is 9.70. The van der Waals surface area contributed by atoms with Gasteiger partial charge in [-0.2, -0.15) is 5.26 Å². The normalized spacial score (nSPS) is 26.5. The zero-order valence-corrected chi connectivity index (χ0v) is 16.6. The maximum absolute atomic E-state index is 14.0. The fourth-order valence-electron chi connectivity index (χ4n) is 5.49. The molecular weight excluding hydrogens is 361 g/mol. The van der Waals surface area contributed by atoms with Crippen LogP contribution in [0, 0.1) is 17.1 Å². The van der Waals surface area contributed by atoms with Gasteiger partial charge in [0.25, 0.3) is 0 Å². The molecule has 3 aliphatic rings. The SMILES string of the molecule is N#Cc1ccc(N2CCN(C3CCC4(C=Cc5ccccc54)CC3)CC2)cc1F. The Bertz CT molecular complexity index is 974. The maximum Gasteiger partial charge on any atom is 0.143 e. The predicted molar refractivity (Wildman–Crippen MR) is 114 cm³/mol. The van der Waals surface area contributed by atoms with Crippen LogP contribution in [0.25, 0.3) is 6.08 Å². The minimum atomic E-state index is -0.421. The Balaban J connectivity index is 1.20. The molecule has 2 aromatic carbocycles. The first kappa shape index (κ1) is 18.4. The summed E-state index contributed by atoms with van der Waals surface area (Å²) >= 11 is 0. The molecule has 0 amide bonds. The molecule has 1 aliphatic heterocycles. The van der Waals surface area contributed by atoms with E-state index < -0.39 is 5.82 Å². The second kappa shape index (κ2) is 7.31. The zero-order valence-electron chi connectivity index (χ0n) is 16.6. The number of allylic oxidation sites excluding steroid dienone is 1. The van der Waals surface area contributed by atoms with Crippen LogP contribution in [-0.2, 0) is 5.41 Å². The average Bonchev–Trinajstić information content (AvgIpc) is 3.13. The van der Waals surface area contributed by atoms with E-state index in [0.717, 1.165) is 31.9 Å². The van der Waals surface area contributed by atoms with E-state index in [0.29, 0.717) is 6.04 Å². The van der Waals surface area contributed by atoms with Crippen LogP contribution >= 0.6 is 0 Å². The molecule has 1 spiro atoms. The Morgan fingerprint density at radius 1 is 1.00 bits per heavy atom. The Labute approximate surface area is 172 Å². The molecule has 0 N–H and O–H groups in total. The summed E-state index contributed by atoms with van der Waals surface area (Å²) in [6, 6.07) is 16.4. The molecule has 148 valence electrons. The van der Waals surface area contributed by atoms with Gasteiger partial charge < -0.3 is 4.90 Å². The summed E-state index contributed by atoms with van der Waals surface area (Å²) in [6.45, 7) is 3.86. The lowest BCUT2D eigenvalue weighted by Gasteiger charge is -2.45. The molecule has 0 radical (unpaired) electrons. The van der Waals surface area contributed by atoms with E-state index >= 15 is 0 Å². The summed E-state index contributed by atoms with van der Waals surface area (Å²) in [5, 5.41) is 8.91. The zero-order chi connectivity index (χ0) is 19.8. The van der Waals surface area contributed by atoms with Crippen LogP contribution in [0.4, 0.5) is 10.1 Å². The van der Waals surface area contributed by atoms with Gasteiger partial charge in [0.2, 0.25) is 0 Å². The highest BCUT2D eigenvalue weighted by Gasteiger charge is 2.40. The molecule has 2 fully saturated rings. The lowest BCUT2D eigenvalue weighted by Crippen LogP contribution is -2.52. The van der Waals surface area contributed by atoms with Crippen LogP contribution in [-0.4, -0.2) is 37.1 Å². The van der Waals surface area contributed by atoms with Crippen LogP contribution in [0.15, 0.2) is 48.5 Å². The van der Waals surface area contributed by atoms with Gasteiger partial charge in [-0.05, 0) is 55.0 Å². The molecule has 3 nitrogen and oxygen atoms in total. The van der Waals surface area contributed by atoms with Gasteiger partial charge in [-0.15, -0.1) is 0 Å². The van der Waals surface area contributed by atoms with Crippen molar-refractivity contribution in [3.8, 4) is 6.07 Å². The summed E-state index contributed by atoms with van der Waals surface area (Å²) in [5.41, 5.74) is 4.18. The fraction of sp³-hybridized carbons (Fsp3) is 0.400. The number of anilines is 1. The number of nitriles is 1. The van der Waals surface area contributed by atoms with Crippen molar-refractivity contribution in [2.75, 3.05) is 31.1 Å². The van der Waals surface area contributed by atoms with Crippen molar-refractivity contribution in [3.05, 3.63) is 71.0 Å². The third kappa shape index (κ3) is 3.24. The quantitative estimate of drug-likeness (QED) is 0.746. The van der Waals surface area contributed by atoms with E-state index in [4.69, 9.17) is 5.26 Å². The number of hydrogen-bond acceptors (Lipinski definition) is 3. The second-order valence-corrected chi connectivity index (χ2v) is 8.61. The van der Waals surface area contributed by atoms with Crippen LogP contribution in [0.5, 0.6) is 0 Å². The van der Waals surface area contributed by atoms with Gasteiger partial charge in [0.15, 0.2) is 0 Å². The summed E-state index contributed by atoms with van der Waals surface area (Å²) < 4.78 is 14.0. The monoisotopic (exact) mass is 387 g/mol. The molecule has 1 saturated heterocycles. The fourth-order valence-corrected chi connectivity index (χ4v) is 5.49. The van der Waals surface area contributed by atoms with Crippen LogP contribution < -0.4 is 4.90 Å². The molecule has 1 saturated carbocycles. The average molecular weight is 388 g/mol. The second-order valence-electron chi connectivity index (χ2n) is 8.61. The van der Waals surface area contributed by atoms with Crippen LogP contribution in [0.3, 0.4) is 0 Å². The van der Waals surface area contributed by atoms with Crippen molar-refractivity contribution in [2.45, 2.75) is 37.1 Å². The summed E-state index contributed by atoms with van der Waals surface area (Å²) in [7, 11) is 0. The van der Waals surface area contributed by atoms with Gasteiger partial charge in [-0.3, -0.25) is 4.90 Å². The Morgan fingerprint density at radius 2 is 1.76 bits per heavy atom. The van der Waals surface area contributed by atoms with Crippen molar-refractivity contribution in [1.82, 2.24) is 4.90 Å². The van der Waals surface area contributed by atoms with E-state index in [9.17, 15) is 4.39 Å². The maximum atomic E-state index is 14.0. The molecular formula is C25H26FN3. The third-order valence-electron chi connectivity index (χ3n) is 7.20. The highest BCUT2D eigenvalue weighted by Crippen LogP contribution is 2.47. The number of fused-ring (bicyclic) bond motifs is 2. The number of hydrogen-bond donors (Lipinski definition) is 0. The van der Waals surface area contributed by atoms with Crippen molar-refractivity contribution in [2.24, 2.45) is 0 Å². The summed E-state index contributed by atoms with van der Waals surface area (Å²) in [4.78, 5) is 4.87. The Morgan fingerprint density at radius 3 is 2.48 bits per heavy atom.